The minimum Gasteiger partial charge on any atom is -0.327 e. The molecule has 0 aliphatic heterocycles. The Labute approximate surface area is 89.9 Å². The van der Waals surface area contributed by atoms with E-state index < -0.39 is 0 Å². The Morgan fingerprint density at radius 1 is 1.00 bits per heavy atom. The van der Waals surface area contributed by atoms with Crippen molar-refractivity contribution in [2.45, 2.75) is 53.0 Å². The van der Waals surface area contributed by atoms with Crippen LogP contribution in [0.25, 0.3) is 0 Å². The Balaban J connectivity index is 3.68. The SMILES string of the molecule is CCCN(CCC)CCC(N)C(C)C. The van der Waals surface area contributed by atoms with Crippen molar-refractivity contribution in [1.82, 2.24) is 4.90 Å². The lowest BCUT2D eigenvalue weighted by molar-refractivity contribution is 0.255. The number of rotatable bonds is 8. The summed E-state index contributed by atoms with van der Waals surface area (Å²) in [6.07, 6.45) is 3.63. The first kappa shape index (κ1) is 13.9. The summed E-state index contributed by atoms with van der Waals surface area (Å²) >= 11 is 0. The quantitative estimate of drug-likeness (QED) is 0.652. The van der Waals surface area contributed by atoms with Crippen molar-refractivity contribution < 1.29 is 0 Å². The Morgan fingerprint density at radius 3 is 1.86 bits per heavy atom. The molecule has 0 saturated carbocycles. The Kier molecular flexibility index (Phi) is 8.20. The van der Waals surface area contributed by atoms with Crippen molar-refractivity contribution in [2.75, 3.05) is 19.6 Å². The van der Waals surface area contributed by atoms with Gasteiger partial charge < -0.3 is 10.6 Å². The predicted octanol–water partition coefficient (Wildman–Crippen LogP) is 2.48. The van der Waals surface area contributed by atoms with Gasteiger partial charge in [-0.15, -0.1) is 0 Å². The maximum atomic E-state index is 6.03. The van der Waals surface area contributed by atoms with Crippen LogP contribution in [-0.4, -0.2) is 30.6 Å². The fraction of sp³-hybridized carbons (Fsp3) is 1.00. The third kappa shape index (κ3) is 6.39. The van der Waals surface area contributed by atoms with Crippen molar-refractivity contribution in [2.24, 2.45) is 11.7 Å². The van der Waals surface area contributed by atoms with Gasteiger partial charge in [0.05, 0.1) is 0 Å². The van der Waals surface area contributed by atoms with E-state index in [0.717, 1.165) is 6.42 Å². The molecule has 0 heterocycles. The van der Waals surface area contributed by atoms with Gasteiger partial charge in [-0.05, 0) is 44.8 Å². The Bertz CT molecular complexity index is 117. The zero-order chi connectivity index (χ0) is 11.0. The van der Waals surface area contributed by atoms with E-state index in [2.05, 4.69) is 32.6 Å². The van der Waals surface area contributed by atoms with Crippen LogP contribution in [0.4, 0.5) is 0 Å². The third-order valence-electron chi connectivity index (χ3n) is 2.71. The second-order valence-corrected chi connectivity index (χ2v) is 4.54. The molecule has 0 aromatic carbocycles. The normalized spacial score (nSPS) is 13.9. The van der Waals surface area contributed by atoms with Crippen molar-refractivity contribution in [1.29, 1.82) is 0 Å². The van der Waals surface area contributed by atoms with Gasteiger partial charge >= 0.3 is 0 Å². The van der Waals surface area contributed by atoms with Crippen molar-refractivity contribution in [3.8, 4) is 0 Å². The first-order valence-electron chi connectivity index (χ1n) is 6.09. The molecule has 0 saturated heterocycles. The average Bonchev–Trinajstić information content (AvgIpc) is 2.14. The molecule has 0 radical (unpaired) electrons. The Morgan fingerprint density at radius 2 is 1.50 bits per heavy atom. The van der Waals surface area contributed by atoms with E-state index in [9.17, 15) is 0 Å². The maximum Gasteiger partial charge on any atom is 0.00740 e. The molecule has 86 valence electrons. The largest absolute Gasteiger partial charge is 0.327 e. The van der Waals surface area contributed by atoms with E-state index in [1.807, 2.05) is 0 Å². The van der Waals surface area contributed by atoms with Crippen LogP contribution in [0.1, 0.15) is 47.0 Å². The zero-order valence-corrected chi connectivity index (χ0v) is 10.4. The first-order chi connectivity index (χ1) is 6.61. The van der Waals surface area contributed by atoms with Crippen molar-refractivity contribution in [3.63, 3.8) is 0 Å². The van der Waals surface area contributed by atoms with Crippen molar-refractivity contribution >= 4 is 0 Å². The molecule has 0 spiro atoms. The second-order valence-electron chi connectivity index (χ2n) is 4.54. The second kappa shape index (κ2) is 8.25. The molecule has 0 aromatic heterocycles. The fourth-order valence-corrected chi connectivity index (χ4v) is 1.63. The number of hydrogen-bond acceptors (Lipinski definition) is 2. The van der Waals surface area contributed by atoms with Crippen LogP contribution in [0.3, 0.4) is 0 Å². The molecule has 0 rings (SSSR count). The van der Waals surface area contributed by atoms with Crippen LogP contribution in [0.15, 0.2) is 0 Å². The van der Waals surface area contributed by atoms with Gasteiger partial charge in [-0.1, -0.05) is 27.7 Å². The van der Waals surface area contributed by atoms with Gasteiger partial charge in [-0.3, -0.25) is 0 Å². The standard InChI is InChI=1S/C12H28N2/c1-5-8-14(9-6-2)10-7-12(13)11(3)4/h11-12H,5-10,13H2,1-4H3. The smallest absolute Gasteiger partial charge is 0.00740 e. The summed E-state index contributed by atoms with van der Waals surface area (Å²) in [5.41, 5.74) is 6.03. The van der Waals surface area contributed by atoms with Gasteiger partial charge in [0.15, 0.2) is 0 Å². The van der Waals surface area contributed by atoms with Crippen LogP contribution in [-0.2, 0) is 0 Å². The molecular weight excluding hydrogens is 172 g/mol. The topological polar surface area (TPSA) is 29.3 Å². The van der Waals surface area contributed by atoms with E-state index in [1.165, 1.54) is 32.5 Å². The van der Waals surface area contributed by atoms with E-state index in [1.54, 1.807) is 0 Å². The molecule has 0 aliphatic carbocycles. The molecule has 0 fully saturated rings. The highest BCUT2D eigenvalue weighted by molar-refractivity contribution is 4.68. The molecule has 2 N–H and O–H groups in total. The molecule has 0 aliphatic rings. The van der Waals surface area contributed by atoms with E-state index in [-0.39, 0.29) is 0 Å². The van der Waals surface area contributed by atoms with Gasteiger partial charge in [-0.25, -0.2) is 0 Å². The molecule has 0 bridgehead atoms. The highest BCUT2D eigenvalue weighted by atomic mass is 15.1. The molecule has 2 heteroatoms. The average molecular weight is 200 g/mol. The number of hydrogen-bond donors (Lipinski definition) is 1. The summed E-state index contributed by atoms with van der Waals surface area (Å²) < 4.78 is 0. The minimum absolute atomic E-state index is 0.367. The van der Waals surface area contributed by atoms with Crippen molar-refractivity contribution in [3.05, 3.63) is 0 Å². The van der Waals surface area contributed by atoms with Crippen LogP contribution in [0, 0.1) is 5.92 Å². The number of nitrogens with two attached hydrogens (primary N) is 1. The van der Waals surface area contributed by atoms with E-state index in [4.69, 9.17) is 5.73 Å². The molecule has 1 atom stereocenters. The zero-order valence-electron chi connectivity index (χ0n) is 10.4. The highest BCUT2D eigenvalue weighted by Gasteiger charge is 2.09. The van der Waals surface area contributed by atoms with Crippen LogP contribution >= 0.6 is 0 Å². The summed E-state index contributed by atoms with van der Waals surface area (Å²) in [5.74, 6) is 0.611. The van der Waals surface area contributed by atoms with Gasteiger partial charge in [0.2, 0.25) is 0 Å². The summed E-state index contributed by atoms with van der Waals surface area (Å²) in [4.78, 5) is 2.53. The van der Waals surface area contributed by atoms with Gasteiger partial charge in [-0.2, -0.15) is 0 Å². The predicted molar refractivity (Wildman–Crippen MR) is 64.5 cm³/mol. The maximum absolute atomic E-state index is 6.03. The van der Waals surface area contributed by atoms with E-state index in [0.29, 0.717) is 12.0 Å². The molecule has 0 amide bonds. The van der Waals surface area contributed by atoms with Crippen LogP contribution in [0.5, 0.6) is 0 Å². The Hall–Kier alpha value is -0.0800. The molecule has 14 heavy (non-hydrogen) atoms. The van der Waals surface area contributed by atoms with E-state index >= 15 is 0 Å². The molecule has 0 aromatic rings. The molecular formula is C12H28N2. The monoisotopic (exact) mass is 200 g/mol. The third-order valence-corrected chi connectivity index (χ3v) is 2.71. The lowest BCUT2D eigenvalue weighted by Gasteiger charge is -2.24. The summed E-state index contributed by atoms with van der Waals surface area (Å²) in [6, 6.07) is 0.367. The van der Waals surface area contributed by atoms with Crippen LogP contribution < -0.4 is 5.73 Å². The fourth-order valence-electron chi connectivity index (χ4n) is 1.63. The lowest BCUT2D eigenvalue weighted by atomic mass is 10.0. The van der Waals surface area contributed by atoms with Gasteiger partial charge in [0, 0.05) is 6.04 Å². The minimum atomic E-state index is 0.367. The molecule has 2 nitrogen and oxygen atoms in total. The van der Waals surface area contributed by atoms with Crippen LogP contribution in [0.2, 0.25) is 0 Å². The van der Waals surface area contributed by atoms with Gasteiger partial charge in [0.1, 0.15) is 0 Å². The first-order valence-corrected chi connectivity index (χ1v) is 6.09. The summed E-state index contributed by atoms with van der Waals surface area (Å²) in [5, 5.41) is 0. The summed E-state index contributed by atoms with van der Waals surface area (Å²) in [7, 11) is 0. The lowest BCUT2D eigenvalue weighted by Crippen LogP contribution is -2.34. The highest BCUT2D eigenvalue weighted by Crippen LogP contribution is 2.05. The van der Waals surface area contributed by atoms with Gasteiger partial charge in [0.25, 0.3) is 0 Å². The summed E-state index contributed by atoms with van der Waals surface area (Å²) in [6.45, 7) is 12.5. The number of nitrogens with zero attached hydrogens (tertiary/aromatic N) is 1. The molecule has 1 unspecified atom stereocenters.